The number of anilines is 1. The van der Waals surface area contributed by atoms with Gasteiger partial charge in [-0.2, -0.15) is 18.3 Å². The van der Waals surface area contributed by atoms with Crippen molar-refractivity contribution in [2.45, 2.75) is 6.18 Å². The molecule has 5 aromatic rings. The van der Waals surface area contributed by atoms with E-state index >= 15 is 0 Å². The minimum atomic E-state index is -4.43. The third kappa shape index (κ3) is 4.08. The van der Waals surface area contributed by atoms with E-state index in [2.05, 4.69) is 20.4 Å². The Morgan fingerprint density at radius 3 is 2.61 bits per heavy atom. The number of hydrogen-bond donors (Lipinski definition) is 1. The van der Waals surface area contributed by atoms with Gasteiger partial charge in [0.1, 0.15) is 16.9 Å². The molecular weight excluding hydrogens is 451 g/mol. The second-order valence-corrected chi connectivity index (χ2v) is 7.98. The molecule has 0 radical (unpaired) electrons. The number of amides is 1. The maximum atomic E-state index is 12.8. The molecule has 1 N–H and O–H groups in total. The van der Waals surface area contributed by atoms with E-state index in [1.807, 2.05) is 17.6 Å². The van der Waals surface area contributed by atoms with Crippen molar-refractivity contribution in [3.8, 4) is 22.5 Å². The van der Waals surface area contributed by atoms with Crippen LogP contribution >= 0.6 is 11.3 Å². The summed E-state index contributed by atoms with van der Waals surface area (Å²) in [6.07, 6.45) is 0.521. The van der Waals surface area contributed by atoms with Gasteiger partial charge in [0.2, 0.25) is 0 Å². The van der Waals surface area contributed by atoms with Crippen molar-refractivity contribution in [1.29, 1.82) is 0 Å². The molecule has 5 rings (SSSR count). The predicted octanol–water partition coefficient (Wildman–Crippen LogP) is 5.79. The monoisotopic (exact) mass is 465 g/mol. The topological polar surface area (TPSA) is 72.2 Å². The molecule has 0 aliphatic heterocycles. The number of fused-ring (bicyclic) bond motifs is 1. The van der Waals surface area contributed by atoms with Gasteiger partial charge in [0.25, 0.3) is 5.91 Å². The largest absolute Gasteiger partial charge is 0.416 e. The Kier molecular flexibility index (Phi) is 5.14. The molecule has 10 heteroatoms. The van der Waals surface area contributed by atoms with Gasteiger partial charge in [0.05, 0.1) is 16.8 Å². The molecule has 3 aromatic heterocycles. The summed E-state index contributed by atoms with van der Waals surface area (Å²) in [7, 11) is 0. The van der Waals surface area contributed by atoms with Crippen LogP contribution < -0.4 is 5.32 Å². The fourth-order valence-corrected chi connectivity index (χ4v) is 4.24. The van der Waals surface area contributed by atoms with Gasteiger partial charge in [-0.25, -0.2) is 14.5 Å². The van der Waals surface area contributed by atoms with Gasteiger partial charge >= 0.3 is 6.18 Å². The molecule has 6 nitrogen and oxygen atoms in total. The lowest BCUT2D eigenvalue weighted by molar-refractivity contribution is -0.137. The summed E-state index contributed by atoms with van der Waals surface area (Å²) in [5.74, 6) is -0.443. The first-order valence-electron chi connectivity index (χ1n) is 9.71. The molecule has 33 heavy (non-hydrogen) atoms. The third-order valence-electron chi connectivity index (χ3n) is 4.95. The first kappa shape index (κ1) is 20.8. The third-order valence-corrected chi connectivity index (χ3v) is 5.83. The van der Waals surface area contributed by atoms with Crippen LogP contribution in [-0.2, 0) is 6.18 Å². The van der Waals surface area contributed by atoms with Crippen LogP contribution in [0.4, 0.5) is 18.9 Å². The SMILES string of the molecule is O=C(Nc1ccc(C(F)(F)F)cc1)c1cccc(-c2nn3ccsc3c2-c2ccncn2)c1. The zero-order chi connectivity index (χ0) is 23.0. The number of rotatable bonds is 4. The molecule has 3 heterocycles. The molecule has 0 saturated carbocycles. The Balaban J connectivity index is 1.47. The summed E-state index contributed by atoms with van der Waals surface area (Å²) in [4.78, 5) is 22.0. The average molecular weight is 465 g/mol. The van der Waals surface area contributed by atoms with Gasteiger partial charge in [0.15, 0.2) is 0 Å². The molecule has 0 unspecified atom stereocenters. The second-order valence-electron chi connectivity index (χ2n) is 7.08. The predicted molar refractivity (Wildman–Crippen MR) is 119 cm³/mol. The quantitative estimate of drug-likeness (QED) is 0.365. The summed E-state index contributed by atoms with van der Waals surface area (Å²) in [6, 6.07) is 13.0. The van der Waals surface area contributed by atoms with E-state index in [4.69, 9.17) is 0 Å². The molecule has 0 bridgehead atoms. The molecule has 1 amide bonds. The van der Waals surface area contributed by atoms with Crippen LogP contribution in [0.15, 0.2) is 78.7 Å². The number of nitrogens with zero attached hydrogens (tertiary/aromatic N) is 4. The number of thiazole rings is 1. The average Bonchev–Trinajstić information content (AvgIpc) is 3.41. The van der Waals surface area contributed by atoms with E-state index in [9.17, 15) is 18.0 Å². The minimum absolute atomic E-state index is 0.266. The number of halogens is 3. The highest BCUT2D eigenvalue weighted by Crippen LogP contribution is 2.36. The molecule has 0 fully saturated rings. The maximum Gasteiger partial charge on any atom is 0.416 e. The van der Waals surface area contributed by atoms with Gasteiger partial charge in [-0.15, -0.1) is 11.3 Å². The standard InChI is InChI=1S/C23H14F3N5OS/c24-23(25,26)16-4-6-17(7-5-16)29-21(32)15-3-1-2-14(12-15)20-19(18-8-9-27-13-28-18)22-31(30-20)10-11-33-22/h1-13H,(H,29,32). The van der Waals surface area contributed by atoms with E-state index in [1.54, 1.807) is 35.0 Å². The molecule has 164 valence electrons. The number of nitrogens with one attached hydrogen (secondary N) is 1. The van der Waals surface area contributed by atoms with Crippen LogP contribution in [0.2, 0.25) is 0 Å². The van der Waals surface area contributed by atoms with Crippen molar-refractivity contribution in [3.63, 3.8) is 0 Å². The number of benzene rings is 2. The number of carbonyl (C=O) groups is 1. The van der Waals surface area contributed by atoms with Crippen molar-refractivity contribution in [2.75, 3.05) is 5.32 Å². The minimum Gasteiger partial charge on any atom is -0.322 e. The lowest BCUT2D eigenvalue weighted by Gasteiger charge is -2.09. The second kappa shape index (κ2) is 8.14. The van der Waals surface area contributed by atoms with E-state index in [0.717, 1.165) is 22.5 Å². The van der Waals surface area contributed by atoms with E-state index < -0.39 is 17.6 Å². The Hall–Kier alpha value is -4.05. The van der Waals surface area contributed by atoms with Crippen molar-refractivity contribution in [3.05, 3.63) is 89.8 Å². The summed E-state index contributed by atoms with van der Waals surface area (Å²) < 4.78 is 40.0. The summed E-state index contributed by atoms with van der Waals surface area (Å²) in [5, 5.41) is 9.22. The number of aromatic nitrogens is 4. The van der Waals surface area contributed by atoms with Crippen LogP contribution in [0.25, 0.3) is 27.3 Å². The Labute approximate surface area is 189 Å². The van der Waals surface area contributed by atoms with Gasteiger partial charge in [-0.1, -0.05) is 12.1 Å². The van der Waals surface area contributed by atoms with E-state index in [0.29, 0.717) is 22.5 Å². The van der Waals surface area contributed by atoms with Crippen LogP contribution in [0.3, 0.4) is 0 Å². The molecule has 0 atom stereocenters. The van der Waals surface area contributed by atoms with Crippen molar-refractivity contribution < 1.29 is 18.0 Å². The van der Waals surface area contributed by atoms with E-state index in [1.165, 1.54) is 29.8 Å². The molecule has 0 aliphatic rings. The molecule has 0 saturated heterocycles. The van der Waals surface area contributed by atoms with Crippen molar-refractivity contribution >= 4 is 27.8 Å². The van der Waals surface area contributed by atoms with Crippen molar-refractivity contribution in [1.82, 2.24) is 19.6 Å². The van der Waals surface area contributed by atoms with Gasteiger partial charge in [-0.05, 0) is 42.5 Å². The fraction of sp³-hybridized carbons (Fsp3) is 0.0435. The molecular formula is C23H14F3N5OS. The van der Waals surface area contributed by atoms with Crippen molar-refractivity contribution in [2.24, 2.45) is 0 Å². The molecule has 2 aromatic carbocycles. The fourth-order valence-electron chi connectivity index (χ4n) is 3.41. The number of carbonyl (C=O) groups excluding carboxylic acids is 1. The highest BCUT2D eigenvalue weighted by Gasteiger charge is 2.30. The van der Waals surface area contributed by atoms with Crippen LogP contribution in [0.5, 0.6) is 0 Å². The highest BCUT2D eigenvalue weighted by molar-refractivity contribution is 7.16. The summed E-state index contributed by atoms with van der Waals surface area (Å²) in [6.45, 7) is 0. The first-order valence-corrected chi connectivity index (χ1v) is 10.6. The summed E-state index contributed by atoms with van der Waals surface area (Å²) in [5.41, 5.74) is 2.73. The maximum absolute atomic E-state index is 12.8. The normalized spacial score (nSPS) is 11.6. The lowest BCUT2D eigenvalue weighted by Crippen LogP contribution is -2.12. The zero-order valence-corrected chi connectivity index (χ0v) is 17.6. The summed E-state index contributed by atoms with van der Waals surface area (Å²) >= 11 is 1.52. The number of hydrogen-bond acceptors (Lipinski definition) is 5. The smallest absolute Gasteiger partial charge is 0.322 e. The van der Waals surface area contributed by atoms with Gasteiger partial charge in [-0.3, -0.25) is 4.79 Å². The Morgan fingerprint density at radius 1 is 1.06 bits per heavy atom. The molecule has 0 aliphatic carbocycles. The van der Waals surface area contributed by atoms with E-state index in [-0.39, 0.29) is 5.69 Å². The Bertz CT molecular complexity index is 1440. The zero-order valence-electron chi connectivity index (χ0n) is 16.7. The van der Waals surface area contributed by atoms with Crippen LogP contribution in [0.1, 0.15) is 15.9 Å². The number of alkyl halides is 3. The first-order chi connectivity index (χ1) is 15.9. The highest BCUT2D eigenvalue weighted by atomic mass is 32.1. The Morgan fingerprint density at radius 2 is 1.88 bits per heavy atom. The van der Waals surface area contributed by atoms with Crippen LogP contribution in [0, 0.1) is 0 Å². The van der Waals surface area contributed by atoms with Gasteiger partial charge in [0, 0.05) is 34.6 Å². The molecule has 0 spiro atoms. The van der Waals surface area contributed by atoms with Crippen LogP contribution in [-0.4, -0.2) is 25.5 Å². The van der Waals surface area contributed by atoms with Gasteiger partial charge < -0.3 is 5.32 Å². The lowest BCUT2D eigenvalue weighted by atomic mass is 10.0.